The highest BCUT2D eigenvalue weighted by Gasteiger charge is 2.20. The highest BCUT2D eigenvalue weighted by atomic mass is 35.5. The SMILES string of the molecule is Cc1cccc(Cn2c(=O)c(C(=O)NCC(C)C)nn(-c3ccc(Cl)cc3)c2=O)c1. The van der Waals surface area contributed by atoms with Gasteiger partial charge in [0.2, 0.25) is 5.69 Å². The minimum atomic E-state index is -0.729. The molecule has 0 aliphatic carbocycles. The number of carbonyl (C=O) groups is 1. The number of carbonyl (C=O) groups excluding carboxylic acids is 1. The lowest BCUT2D eigenvalue weighted by Gasteiger charge is -2.13. The Labute approximate surface area is 178 Å². The van der Waals surface area contributed by atoms with E-state index < -0.39 is 17.2 Å². The average molecular weight is 427 g/mol. The van der Waals surface area contributed by atoms with Gasteiger partial charge in [0.1, 0.15) is 0 Å². The van der Waals surface area contributed by atoms with Crippen LogP contribution in [0.15, 0.2) is 58.1 Å². The molecule has 0 spiro atoms. The maximum atomic E-state index is 13.1. The van der Waals surface area contributed by atoms with E-state index in [9.17, 15) is 14.4 Å². The van der Waals surface area contributed by atoms with E-state index in [1.165, 1.54) is 0 Å². The lowest BCUT2D eigenvalue weighted by molar-refractivity contribution is 0.0939. The van der Waals surface area contributed by atoms with Gasteiger partial charge in [-0.1, -0.05) is 55.3 Å². The molecule has 0 saturated heterocycles. The van der Waals surface area contributed by atoms with Gasteiger partial charge in [-0.2, -0.15) is 9.78 Å². The minimum absolute atomic E-state index is 0.0277. The minimum Gasteiger partial charge on any atom is -0.350 e. The molecular weight excluding hydrogens is 404 g/mol. The molecule has 1 N–H and O–H groups in total. The van der Waals surface area contributed by atoms with Crippen LogP contribution in [0.25, 0.3) is 5.69 Å². The van der Waals surface area contributed by atoms with Crippen LogP contribution in [-0.4, -0.2) is 26.8 Å². The van der Waals surface area contributed by atoms with Crippen molar-refractivity contribution in [2.45, 2.75) is 27.3 Å². The summed E-state index contributed by atoms with van der Waals surface area (Å²) in [6.07, 6.45) is 0. The first-order chi connectivity index (χ1) is 14.3. The van der Waals surface area contributed by atoms with Gasteiger partial charge in [0.25, 0.3) is 11.5 Å². The zero-order valence-corrected chi connectivity index (χ0v) is 17.8. The number of nitrogens with one attached hydrogen (secondary N) is 1. The van der Waals surface area contributed by atoms with Gasteiger partial charge in [0.05, 0.1) is 12.2 Å². The number of nitrogens with zero attached hydrogens (tertiary/aromatic N) is 3. The summed E-state index contributed by atoms with van der Waals surface area (Å²) in [7, 11) is 0. The molecule has 0 bridgehead atoms. The number of aromatic nitrogens is 3. The molecular formula is C22H23ClN4O3. The first kappa shape index (κ1) is 21.5. The molecule has 3 rings (SSSR count). The van der Waals surface area contributed by atoms with Crippen molar-refractivity contribution < 1.29 is 4.79 Å². The standard InChI is InChI=1S/C22H23ClN4O3/c1-14(2)12-24-20(28)19-21(29)26(13-16-6-4-5-15(3)11-16)22(30)27(25-19)18-9-7-17(23)8-10-18/h4-11,14H,12-13H2,1-3H3,(H,24,28). The van der Waals surface area contributed by atoms with Crippen LogP contribution in [0.2, 0.25) is 5.02 Å². The number of amides is 1. The summed E-state index contributed by atoms with van der Waals surface area (Å²) in [5, 5.41) is 7.28. The van der Waals surface area contributed by atoms with E-state index in [1.54, 1.807) is 24.3 Å². The van der Waals surface area contributed by atoms with Crippen molar-refractivity contribution >= 4 is 17.5 Å². The summed E-state index contributed by atoms with van der Waals surface area (Å²) in [6, 6.07) is 13.9. The molecule has 1 aromatic heterocycles. The smallest absolute Gasteiger partial charge is 0.350 e. The number of hydrogen-bond acceptors (Lipinski definition) is 4. The lowest BCUT2D eigenvalue weighted by Crippen LogP contribution is -2.46. The van der Waals surface area contributed by atoms with Gasteiger partial charge < -0.3 is 5.32 Å². The van der Waals surface area contributed by atoms with Crippen LogP contribution >= 0.6 is 11.6 Å². The second-order valence-corrected chi connectivity index (χ2v) is 7.94. The van der Waals surface area contributed by atoms with Crippen LogP contribution < -0.4 is 16.6 Å². The van der Waals surface area contributed by atoms with Crippen LogP contribution in [0.5, 0.6) is 0 Å². The second-order valence-electron chi connectivity index (χ2n) is 7.50. The van der Waals surface area contributed by atoms with Gasteiger partial charge in [-0.05, 0) is 42.7 Å². The van der Waals surface area contributed by atoms with Gasteiger partial charge >= 0.3 is 5.69 Å². The van der Waals surface area contributed by atoms with Gasteiger partial charge in [0.15, 0.2) is 0 Å². The van der Waals surface area contributed by atoms with Gasteiger partial charge in [-0.25, -0.2) is 4.79 Å². The summed E-state index contributed by atoms with van der Waals surface area (Å²) in [6.45, 7) is 6.23. The third-order valence-electron chi connectivity index (χ3n) is 4.44. The first-order valence-corrected chi connectivity index (χ1v) is 9.98. The van der Waals surface area contributed by atoms with Crippen LogP contribution in [-0.2, 0) is 6.54 Å². The van der Waals surface area contributed by atoms with Crippen molar-refractivity contribution in [1.29, 1.82) is 0 Å². The highest BCUT2D eigenvalue weighted by molar-refractivity contribution is 6.30. The van der Waals surface area contributed by atoms with E-state index >= 15 is 0 Å². The maximum absolute atomic E-state index is 13.1. The largest absolute Gasteiger partial charge is 0.352 e. The van der Waals surface area contributed by atoms with E-state index in [1.807, 2.05) is 45.0 Å². The fourth-order valence-corrected chi connectivity index (χ4v) is 3.05. The number of rotatable bonds is 6. The molecule has 0 atom stereocenters. The van der Waals surface area contributed by atoms with Crippen LogP contribution in [0.3, 0.4) is 0 Å². The quantitative estimate of drug-likeness (QED) is 0.656. The maximum Gasteiger partial charge on any atom is 0.352 e. The predicted octanol–water partition coefficient (Wildman–Crippen LogP) is 2.79. The molecule has 0 unspecified atom stereocenters. The third-order valence-corrected chi connectivity index (χ3v) is 4.69. The monoisotopic (exact) mass is 426 g/mol. The summed E-state index contributed by atoms with van der Waals surface area (Å²) in [5.74, 6) is -0.417. The molecule has 0 fully saturated rings. The van der Waals surface area contributed by atoms with E-state index in [2.05, 4.69) is 10.4 Å². The molecule has 3 aromatic rings. The zero-order chi connectivity index (χ0) is 21.8. The Morgan fingerprint density at radius 1 is 1.13 bits per heavy atom. The predicted molar refractivity (Wildman–Crippen MR) is 117 cm³/mol. The van der Waals surface area contributed by atoms with E-state index in [0.717, 1.165) is 20.4 Å². The average Bonchev–Trinajstić information content (AvgIpc) is 2.70. The Kier molecular flexibility index (Phi) is 6.52. The molecule has 0 aliphatic heterocycles. The number of aryl methyl sites for hydroxylation is 1. The fraction of sp³-hybridized carbons (Fsp3) is 0.273. The lowest BCUT2D eigenvalue weighted by atomic mass is 10.1. The molecule has 0 saturated carbocycles. The molecule has 1 amide bonds. The Bertz CT molecular complexity index is 1180. The van der Waals surface area contributed by atoms with Gasteiger partial charge in [-0.3, -0.25) is 14.2 Å². The van der Waals surface area contributed by atoms with Crippen LogP contribution in [0.4, 0.5) is 0 Å². The van der Waals surface area contributed by atoms with Crippen molar-refractivity contribution in [3.05, 3.63) is 91.2 Å². The first-order valence-electron chi connectivity index (χ1n) is 9.60. The van der Waals surface area contributed by atoms with Crippen molar-refractivity contribution in [1.82, 2.24) is 19.7 Å². The highest BCUT2D eigenvalue weighted by Crippen LogP contribution is 2.11. The van der Waals surface area contributed by atoms with E-state index in [0.29, 0.717) is 17.3 Å². The molecule has 8 heteroatoms. The Hall–Kier alpha value is -3.19. The number of halogens is 1. The number of hydrogen-bond donors (Lipinski definition) is 1. The van der Waals surface area contributed by atoms with Crippen molar-refractivity contribution in [3.63, 3.8) is 0 Å². The molecule has 30 heavy (non-hydrogen) atoms. The molecule has 0 radical (unpaired) electrons. The topological polar surface area (TPSA) is 86.0 Å². The molecule has 0 aliphatic rings. The molecule has 1 heterocycles. The van der Waals surface area contributed by atoms with Crippen LogP contribution in [0, 0.1) is 12.8 Å². The third kappa shape index (κ3) is 4.86. The Morgan fingerprint density at radius 3 is 2.47 bits per heavy atom. The summed E-state index contributed by atoms with van der Waals surface area (Å²) in [5.41, 5.74) is 0.481. The normalized spacial score (nSPS) is 11.0. The molecule has 2 aromatic carbocycles. The van der Waals surface area contributed by atoms with Crippen molar-refractivity contribution in [2.75, 3.05) is 6.54 Å². The van der Waals surface area contributed by atoms with E-state index in [4.69, 9.17) is 11.6 Å². The summed E-state index contributed by atoms with van der Waals surface area (Å²) < 4.78 is 2.08. The Morgan fingerprint density at radius 2 is 1.83 bits per heavy atom. The Balaban J connectivity index is 2.16. The van der Waals surface area contributed by atoms with Crippen molar-refractivity contribution in [3.8, 4) is 5.69 Å². The van der Waals surface area contributed by atoms with Crippen LogP contribution in [0.1, 0.15) is 35.5 Å². The number of benzene rings is 2. The summed E-state index contributed by atoms with van der Waals surface area (Å²) >= 11 is 5.94. The van der Waals surface area contributed by atoms with Crippen molar-refractivity contribution in [2.24, 2.45) is 5.92 Å². The molecule has 7 nitrogen and oxygen atoms in total. The zero-order valence-electron chi connectivity index (χ0n) is 17.1. The fourth-order valence-electron chi connectivity index (χ4n) is 2.92. The van der Waals surface area contributed by atoms with Gasteiger partial charge in [0, 0.05) is 11.6 Å². The molecule has 156 valence electrons. The van der Waals surface area contributed by atoms with Gasteiger partial charge in [-0.15, -0.1) is 0 Å². The summed E-state index contributed by atoms with van der Waals surface area (Å²) in [4.78, 5) is 38.8. The van der Waals surface area contributed by atoms with E-state index in [-0.39, 0.29) is 18.2 Å². The second kappa shape index (κ2) is 9.09.